The summed E-state index contributed by atoms with van der Waals surface area (Å²) in [7, 11) is 0. The highest BCUT2D eigenvalue weighted by atomic mass is 35.5. The van der Waals surface area contributed by atoms with Crippen LogP contribution in [0.25, 0.3) is 0 Å². The van der Waals surface area contributed by atoms with Crippen LogP contribution in [0.4, 0.5) is 16.2 Å². The van der Waals surface area contributed by atoms with E-state index in [0.717, 1.165) is 18.5 Å². The molecule has 0 bridgehead atoms. The number of carbonyl (C=O) groups is 1. The largest absolute Gasteiger partial charge is 0.323 e. The summed E-state index contributed by atoms with van der Waals surface area (Å²) in [5, 5.41) is 6.57. The van der Waals surface area contributed by atoms with E-state index in [-0.39, 0.29) is 6.03 Å². The molecule has 0 saturated carbocycles. The third-order valence-corrected chi connectivity index (χ3v) is 4.56. The van der Waals surface area contributed by atoms with Crippen molar-refractivity contribution in [3.63, 3.8) is 0 Å². The maximum absolute atomic E-state index is 12.2. The Morgan fingerprint density at radius 3 is 2.59 bits per heavy atom. The number of aryl methyl sites for hydroxylation is 1. The van der Waals surface area contributed by atoms with Crippen molar-refractivity contribution in [1.29, 1.82) is 0 Å². The summed E-state index contributed by atoms with van der Waals surface area (Å²) in [5.41, 5.74) is 4.07. The monoisotopic (exact) mass is 334 g/mol. The molecule has 2 aromatic rings. The average molecular weight is 335 g/mol. The molecule has 0 heterocycles. The molecule has 2 N–H and O–H groups in total. The highest BCUT2D eigenvalue weighted by molar-refractivity contribution is 6.42. The number of halogens is 2. The van der Waals surface area contributed by atoms with E-state index in [4.69, 9.17) is 23.2 Å². The summed E-state index contributed by atoms with van der Waals surface area (Å²) in [4.78, 5) is 12.2. The van der Waals surface area contributed by atoms with Crippen molar-refractivity contribution in [2.24, 2.45) is 0 Å². The minimum absolute atomic E-state index is 0.280. The number of rotatable bonds is 2. The Morgan fingerprint density at radius 2 is 1.77 bits per heavy atom. The Kier molecular flexibility index (Phi) is 4.55. The number of urea groups is 1. The van der Waals surface area contributed by atoms with E-state index in [1.54, 1.807) is 18.2 Å². The van der Waals surface area contributed by atoms with Crippen LogP contribution in [0.15, 0.2) is 36.4 Å². The lowest BCUT2D eigenvalue weighted by Crippen LogP contribution is -2.21. The van der Waals surface area contributed by atoms with Gasteiger partial charge in [-0.2, -0.15) is 0 Å². The van der Waals surface area contributed by atoms with E-state index in [2.05, 4.69) is 16.7 Å². The highest BCUT2D eigenvalue weighted by Gasteiger charge is 2.14. The van der Waals surface area contributed by atoms with E-state index in [0.29, 0.717) is 15.7 Å². The van der Waals surface area contributed by atoms with Crippen molar-refractivity contribution in [3.05, 3.63) is 57.6 Å². The number of hydrogen-bond donors (Lipinski definition) is 2. The molecule has 1 aliphatic rings. The molecule has 0 saturated heterocycles. The van der Waals surface area contributed by atoms with Gasteiger partial charge in [-0.3, -0.25) is 0 Å². The molecule has 3 rings (SSSR count). The van der Waals surface area contributed by atoms with Gasteiger partial charge in [0.15, 0.2) is 0 Å². The third-order valence-electron chi connectivity index (χ3n) is 3.82. The summed E-state index contributed by atoms with van der Waals surface area (Å²) in [6.07, 6.45) is 4.48. The first-order valence-electron chi connectivity index (χ1n) is 7.27. The Balaban J connectivity index is 1.73. The van der Waals surface area contributed by atoms with Crippen molar-refractivity contribution in [2.45, 2.75) is 25.7 Å². The van der Waals surface area contributed by atoms with Gasteiger partial charge >= 0.3 is 6.03 Å². The average Bonchev–Trinajstić information content (AvgIpc) is 2.51. The number of fused-ring (bicyclic) bond motifs is 1. The van der Waals surface area contributed by atoms with Crippen LogP contribution in [0.2, 0.25) is 10.0 Å². The summed E-state index contributed by atoms with van der Waals surface area (Å²) in [6, 6.07) is 10.8. The lowest BCUT2D eigenvalue weighted by atomic mass is 9.90. The molecule has 0 fully saturated rings. The van der Waals surface area contributed by atoms with Gasteiger partial charge < -0.3 is 10.6 Å². The lowest BCUT2D eigenvalue weighted by molar-refractivity contribution is 0.262. The van der Waals surface area contributed by atoms with Gasteiger partial charge in [-0.15, -0.1) is 0 Å². The van der Waals surface area contributed by atoms with Gasteiger partial charge in [-0.1, -0.05) is 35.3 Å². The first-order chi connectivity index (χ1) is 10.6. The molecule has 2 amide bonds. The van der Waals surface area contributed by atoms with E-state index in [9.17, 15) is 4.79 Å². The van der Waals surface area contributed by atoms with Crippen molar-refractivity contribution < 1.29 is 4.79 Å². The third kappa shape index (κ3) is 3.37. The highest BCUT2D eigenvalue weighted by Crippen LogP contribution is 2.28. The van der Waals surface area contributed by atoms with E-state index in [1.807, 2.05) is 12.1 Å². The Bertz CT molecular complexity index is 716. The molecule has 0 radical (unpaired) electrons. The van der Waals surface area contributed by atoms with Crippen molar-refractivity contribution >= 4 is 40.6 Å². The van der Waals surface area contributed by atoms with Gasteiger partial charge in [-0.05, 0) is 61.1 Å². The van der Waals surface area contributed by atoms with Gasteiger partial charge in [0.05, 0.1) is 10.0 Å². The summed E-state index contributed by atoms with van der Waals surface area (Å²) in [5.74, 6) is 0. The van der Waals surface area contributed by atoms with Crippen LogP contribution in [0.3, 0.4) is 0 Å². The SMILES string of the molecule is O=C(Nc1ccc(Cl)c(Cl)c1)Nc1cccc2c1CCCC2. The summed E-state index contributed by atoms with van der Waals surface area (Å²) in [6.45, 7) is 0. The van der Waals surface area contributed by atoms with Crippen LogP contribution in [0.5, 0.6) is 0 Å². The molecule has 0 atom stereocenters. The zero-order valence-corrected chi connectivity index (χ0v) is 13.5. The van der Waals surface area contributed by atoms with E-state index < -0.39 is 0 Å². The Labute approximate surface area is 139 Å². The summed E-state index contributed by atoms with van der Waals surface area (Å²) >= 11 is 11.8. The predicted molar refractivity (Wildman–Crippen MR) is 92.2 cm³/mol. The lowest BCUT2D eigenvalue weighted by Gasteiger charge is -2.19. The van der Waals surface area contributed by atoms with Crippen molar-refractivity contribution in [3.8, 4) is 0 Å². The second-order valence-electron chi connectivity index (χ2n) is 5.36. The fourth-order valence-corrected chi connectivity index (χ4v) is 3.06. The smallest absolute Gasteiger partial charge is 0.308 e. The first kappa shape index (κ1) is 15.2. The second kappa shape index (κ2) is 6.59. The van der Waals surface area contributed by atoms with Crippen molar-refractivity contribution in [1.82, 2.24) is 0 Å². The molecule has 0 unspecified atom stereocenters. The maximum atomic E-state index is 12.2. The molecule has 0 aliphatic heterocycles. The topological polar surface area (TPSA) is 41.1 Å². The predicted octanol–water partition coefficient (Wildman–Crippen LogP) is 5.52. The van der Waals surface area contributed by atoms with Crippen LogP contribution < -0.4 is 10.6 Å². The number of amides is 2. The van der Waals surface area contributed by atoms with Crippen LogP contribution in [-0.2, 0) is 12.8 Å². The number of hydrogen-bond acceptors (Lipinski definition) is 1. The van der Waals surface area contributed by atoms with Gasteiger partial charge in [0.25, 0.3) is 0 Å². The number of carbonyl (C=O) groups excluding carboxylic acids is 1. The zero-order chi connectivity index (χ0) is 15.5. The number of nitrogens with one attached hydrogen (secondary N) is 2. The molecule has 5 heteroatoms. The number of benzene rings is 2. The molecule has 0 spiro atoms. The van der Waals surface area contributed by atoms with Crippen LogP contribution in [0.1, 0.15) is 24.0 Å². The molecule has 0 aromatic heterocycles. The van der Waals surface area contributed by atoms with Crippen LogP contribution in [0, 0.1) is 0 Å². The quantitative estimate of drug-likeness (QED) is 0.746. The fourth-order valence-electron chi connectivity index (χ4n) is 2.76. The number of anilines is 2. The fraction of sp³-hybridized carbons (Fsp3) is 0.235. The molecule has 22 heavy (non-hydrogen) atoms. The van der Waals surface area contributed by atoms with E-state index in [1.165, 1.54) is 24.0 Å². The molecule has 3 nitrogen and oxygen atoms in total. The van der Waals surface area contributed by atoms with Gasteiger partial charge in [0.2, 0.25) is 0 Å². The van der Waals surface area contributed by atoms with Gasteiger partial charge in [0, 0.05) is 11.4 Å². The molecule has 2 aromatic carbocycles. The zero-order valence-electron chi connectivity index (χ0n) is 12.0. The van der Waals surface area contributed by atoms with Crippen LogP contribution in [-0.4, -0.2) is 6.03 Å². The molecular formula is C17H16Cl2N2O. The second-order valence-corrected chi connectivity index (χ2v) is 6.17. The minimum atomic E-state index is -0.280. The van der Waals surface area contributed by atoms with Gasteiger partial charge in [0.1, 0.15) is 0 Å². The molecule has 1 aliphatic carbocycles. The van der Waals surface area contributed by atoms with Gasteiger partial charge in [-0.25, -0.2) is 4.79 Å². The Morgan fingerprint density at radius 1 is 0.955 bits per heavy atom. The normalized spacial score (nSPS) is 13.4. The first-order valence-corrected chi connectivity index (χ1v) is 8.03. The molecular weight excluding hydrogens is 319 g/mol. The Hall–Kier alpha value is -1.71. The van der Waals surface area contributed by atoms with Crippen LogP contribution >= 0.6 is 23.2 Å². The maximum Gasteiger partial charge on any atom is 0.323 e. The van der Waals surface area contributed by atoms with E-state index >= 15 is 0 Å². The minimum Gasteiger partial charge on any atom is -0.308 e. The van der Waals surface area contributed by atoms with Crippen molar-refractivity contribution in [2.75, 3.05) is 10.6 Å². The molecule has 114 valence electrons. The summed E-state index contributed by atoms with van der Waals surface area (Å²) < 4.78 is 0. The standard InChI is InChI=1S/C17H16Cl2N2O/c18-14-9-8-12(10-15(14)19)20-17(22)21-16-7-3-5-11-4-1-2-6-13(11)16/h3,5,7-10H,1-2,4,6H2,(H2,20,21,22).